The molecule has 9 heteroatoms. The van der Waals surface area contributed by atoms with Crippen LogP contribution in [0, 0.1) is 0 Å². The van der Waals surface area contributed by atoms with Crippen molar-refractivity contribution < 1.29 is 33.7 Å². The van der Waals surface area contributed by atoms with Crippen LogP contribution in [0.2, 0.25) is 0 Å². The predicted molar refractivity (Wildman–Crippen MR) is 156 cm³/mol. The SMILES string of the molecule is CC(C)(C)OC(=O)NC1COc2ccccc2C1N(CCCC(=O)O)C(=O)OCC1c2ccccc2-c2ccccc21. The van der Waals surface area contributed by atoms with Gasteiger partial charge < -0.3 is 24.6 Å². The number of ether oxygens (including phenoxy) is 3. The number of hydrogen-bond donors (Lipinski definition) is 2. The number of hydrogen-bond acceptors (Lipinski definition) is 6. The number of rotatable bonds is 8. The monoisotopic (exact) mass is 572 g/mol. The smallest absolute Gasteiger partial charge is 0.410 e. The highest BCUT2D eigenvalue weighted by Gasteiger charge is 2.40. The molecule has 1 heterocycles. The first kappa shape index (κ1) is 29.0. The third-order valence-corrected chi connectivity index (χ3v) is 7.44. The maximum absolute atomic E-state index is 13.9. The van der Waals surface area contributed by atoms with Crippen molar-refractivity contribution in [1.82, 2.24) is 10.2 Å². The molecule has 9 nitrogen and oxygen atoms in total. The fraction of sp³-hybridized carbons (Fsp3) is 0.364. The van der Waals surface area contributed by atoms with Crippen LogP contribution in [0.15, 0.2) is 72.8 Å². The van der Waals surface area contributed by atoms with Gasteiger partial charge in [0, 0.05) is 24.4 Å². The number of para-hydroxylation sites is 1. The number of carbonyl (C=O) groups excluding carboxylic acids is 2. The standard InChI is InChI=1S/C33H36N2O7/c1-33(2,3)42-31(38)34-27-20-40-28-16-9-8-15-25(28)30(27)35(18-10-17-29(36)37)32(39)41-19-26-23-13-6-4-11-21(23)22-12-5-7-14-24(22)26/h4-9,11-16,26-27,30H,10,17-20H2,1-3H3,(H,34,38)(H,36,37). The first-order valence-corrected chi connectivity index (χ1v) is 14.2. The Morgan fingerprint density at radius 3 is 2.14 bits per heavy atom. The number of amides is 2. The van der Waals surface area contributed by atoms with E-state index in [0.29, 0.717) is 11.3 Å². The van der Waals surface area contributed by atoms with Gasteiger partial charge in [-0.15, -0.1) is 0 Å². The van der Waals surface area contributed by atoms with E-state index in [4.69, 9.17) is 14.2 Å². The van der Waals surface area contributed by atoms with E-state index in [0.717, 1.165) is 22.3 Å². The Bertz CT molecular complexity index is 1420. The molecule has 3 aromatic carbocycles. The topological polar surface area (TPSA) is 114 Å². The van der Waals surface area contributed by atoms with Crippen LogP contribution in [0.25, 0.3) is 11.1 Å². The molecule has 2 N–H and O–H groups in total. The number of nitrogens with one attached hydrogen (secondary N) is 1. The van der Waals surface area contributed by atoms with Gasteiger partial charge >= 0.3 is 18.2 Å². The zero-order chi connectivity index (χ0) is 29.9. The van der Waals surface area contributed by atoms with Crippen molar-refractivity contribution in [3.05, 3.63) is 89.5 Å². The second-order valence-corrected chi connectivity index (χ2v) is 11.5. The summed E-state index contributed by atoms with van der Waals surface area (Å²) < 4.78 is 17.5. The lowest BCUT2D eigenvalue weighted by Gasteiger charge is -2.40. The molecular formula is C33H36N2O7. The van der Waals surface area contributed by atoms with Crippen LogP contribution >= 0.6 is 0 Å². The molecule has 220 valence electrons. The molecule has 0 saturated heterocycles. The molecule has 42 heavy (non-hydrogen) atoms. The summed E-state index contributed by atoms with van der Waals surface area (Å²) in [5, 5.41) is 12.2. The molecule has 5 rings (SSSR count). The molecule has 0 saturated carbocycles. The fourth-order valence-electron chi connectivity index (χ4n) is 5.73. The summed E-state index contributed by atoms with van der Waals surface area (Å²) in [4.78, 5) is 39.6. The van der Waals surface area contributed by atoms with Crippen LogP contribution in [0.3, 0.4) is 0 Å². The van der Waals surface area contributed by atoms with Crippen molar-refractivity contribution in [2.45, 2.75) is 57.2 Å². The van der Waals surface area contributed by atoms with Crippen molar-refractivity contribution in [3.63, 3.8) is 0 Å². The van der Waals surface area contributed by atoms with Gasteiger partial charge in [-0.05, 0) is 55.5 Å². The van der Waals surface area contributed by atoms with Crippen LogP contribution in [-0.2, 0) is 14.3 Å². The lowest BCUT2D eigenvalue weighted by molar-refractivity contribution is -0.137. The zero-order valence-electron chi connectivity index (χ0n) is 24.0. The summed E-state index contributed by atoms with van der Waals surface area (Å²) in [6.45, 7) is 5.61. The highest BCUT2D eigenvalue weighted by molar-refractivity contribution is 5.79. The van der Waals surface area contributed by atoms with Crippen molar-refractivity contribution >= 4 is 18.2 Å². The number of nitrogens with zero attached hydrogens (tertiary/aromatic N) is 1. The zero-order valence-corrected chi connectivity index (χ0v) is 24.0. The van der Waals surface area contributed by atoms with Crippen LogP contribution < -0.4 is 10.1 Å². The molecule has 1 aliphatic heterocycles. The third-order valence-electron chi connectivity index (χ3n) is 7.44. The highest BCUT2D eigenvalue weighted by Crippen LogP contribution is 2.45. The van der Waals surface area contributed by atoms with Gasteiger partial charge in [0.25, 0.3) is 0 Å². The number of alkyl carbamates (subject to hydrolysis) is 1. The molecular weight excluding hydrogens is 536 g/mol. The minimum Gasteiger partial charge on any atom is -0.491 e. The molecule has 0 radical (unpaired) electrons. The fourth-order valence-corrected chi connectivity index (χ4v) is 5.73. The summed E-state index contributed by atoms with van der Waals surface area (Å²) >= 11 is 0. The van der Waals surface area contributed by atoms with E-state index < -0.39 is 35.8 Å². The Morgan fingerprint density at radius 2 is 1.52 bits per heavy atom. The summed E-state index contributed by atoms with van der Waals surface area (Å²) in [6, 6.07) is 22.1. The number of benzene rings is 3. The van der Waals surface area contributed by atoms with Gasteiger partial charge in [0.15, 0.2) is 0 Å². The number of carboxylic acids is 1. The van der Waals surface area contributed by atoms with E-state index in [-0.39, 0.29) is 38.5 Å². The average molecular weight is 573 g/mol. The summed E-state index contributed by atoms with van der Waals surface area (Å²) in [5.74, 6) is -0.516. The van der Waals surface area contributed by atoms with Crippen LogP contribution in [0.5, 0.6) is 5.75 Å². The normalized spacial score (nSPS) is 17.2. The van der Waals surface area contributed by atoms with E-state index in [1.54, 1.807) is 26.8 Å². The minimum atomic E-state index is -0.960. The minimum absolute atomic E-state index is 0.0903. The largest absolute Gasteiger partial charge is 0.491 e. The molecule has 2 amide bonds. The average Bonchev–Trinajstić information content (AvgIpc) is 3.27. The molecule has 0 spiro atoms. The van der Waals surface area contributed by atoms with Crippen molar-refractivity contribution in [2.24, 2.45) is 0 Å². The van der Waals surface area contributed by atoms with E-state index in [1.807, 2.05) is 54.6 Å². The maximum atomic E-state index is 13.9. The van der Waals surface area contributed by atoms with Gasteiger partial charge in [-0.1, -0.05) is 66.7 Å². The Morgan fingerprint density at radius 1 is 0.929 bits per heavy atom. The van der Waals surface area contributed by atoms with Crippen LogP contribution in [0.1, 0.15) is 62.3 Å². The second-order valence-electron chi connectivity index (χ2n) is 11.5. The van der Waals surface area contributed by atoms with E-state index in [2.05, 4.69) is 17.4 Å². The summed E-state index contributed by atoms with van der Waals surface area (Å²) in [7, 11) is 0. The van der Waals surface area contributed by atoms with Crippen LogP contribution in [-0.4, -0.2) is 59.6 Å². The first-order chi connectivity index (χ1) is 20.1. The predicted octanol–water partition coefficient (Wildman–Crippen LogP) is 6.13. The van der Waals surface area contributed by atoms with Crippen molar-refractivity contribution in [2.75, 3.05) is 19.8 Å². The van der Waals surface area contributed by atoms with Gasteiger partial charge in [-0.25, -0.2) is 9.59 Å². The number of fused-ring (bicyclic) bond motifs is 4. The molecule has 1 aliphatic carbocycles. The molecule has 2 unspecified atom stereocenters. The molecule has 3 aromatic rings. The Balaban J connectivity index is 1.43. The number of carboxylic acid groups (broad SMARTS) is 1. The number of aliphatic carboxylic acids is 1. The lowest BCUT2D eigenvalue weighted by Crippen LogP contribution is -2.54. The Kier molecular flexibility index (Phi) is 8.38. The maximum Gasteiger partial charge on any atom is 0.410 e. The van der Waals surface area contributed by atoms with E-state index >= 15 is 0 Å². The van der Waals surface area contributed by atoms with Gasteiger partial charge in [0.1, 0.15) is 24.6 Å². The summed E-state index contributed by atoms with van der Waals surface area (Å²) in [6.07, 6.45) is -1.15. The molecule has 2 aliphatic rings. The highest BCUT2D eigenvalue weighted by atomic mass is 16.6. The Labute approximate surface area is 245 Å². The third kappa shape index (κ3) is 6.35. The van der Waals surface area contributed by atoms with Gasteiger partial charge in [0.2, 0.25) is 0 Å². The quantitative estimate of drug-likeness (QED) is 0.334. The van der Waals surface area contributed by atoms with Crippen LogP contribution in [0.4, 0.5) is 9.59 Å². The Hall–Kier alpha value is -4.53. The van der Waals surface area contributed by atoms with E-state index in [9.17, 15) is 19.5 Å². The second kappa shape index (κ2) is 12.1. The molecule has 2 atom stereocenters. The van der Waals surface area contributed by atoms with Gasteiger partial charge in [-0.2, -0.15) is 0 Å². The number of carbonyl (C=O) groups is 3. The lowest BCUT2D eigenvalue weighted by atomic mass is 9.94. The summed E-state index contributed by atoms with van der Waals surface area (Å²) in [5.41, 5.74) is 4.38. The first-order valence-electron chi connectivity index (χ1n) is 14.2. The van der Waals surface area contributed by atoms with Gasteiger partial charge in [-0.3, -0.25) is 9.69 Å². The molecule has 0 aromatic heterocycles. The molecule has 0 bridgehead atoms. The van der Waals surface area contributed by atoms with Crippen molar-refractivity contribution in [1.29, 1.82) is 0 Å². The van der Waals surface area contributed by atoms with E-state index in [1.165, 1.54) is 4.90 Å². The van der Waals surface area contributed by atoms with Crippen molar-refractivity contribution in [3.8, 4) is 16.9 Å². The molecule has 0 fully saturated rings. The van der Waals surface area contributed by atoms with Gasteiger partial charge in [0.05, 0.1) is 12.1 Å².